The topological polar surface area (TPSA) is 63.1 Å². The van der Waals surface area contributed by atoms with E-state index in [0.717, 1.165) is 77.5 Å². The maximum Gasteiger partial charge on any atom is 0.191 e. The van der Waals surface area contributed by atoms with Crippen LogP contribution in [0.15, 0.2) is 35.3 Å². The predicted molar refractivity (Wildman–Crippen MR) is 144 cm³/mol. The van der Waals surface area contributed by atoms with Crippen molar-refractivity contribution in [2.24, 2.45) is 10.9 Å². The number of nitrogens with one attached hydrogen (secondary N) is 2. The molecule has 3 N–H and O–H groups in total. The number of hydrogen-bond acceptors (Lipinski definition) is 4. The van der Waals surface area contributed by atoms with Crippen LogP contribution in [-0.2, 0) is 0 Å². The minimum absolute atomic E-state index is 0. The third-order valence-electron chi connectivity index (χ3n) is 5.77. The molecule has 0 radical (unpaired) electrons. The smallest absolute Gasteiger partial charge is 0.191 e. The van der Waals surface area contributed by atoms with Gasteiger partial charge in [0, 0.05) is 58.1 Å². The fraction of sp³-hybridized carbons (Fsp3) is 0.708. The quantitative estimate of drug-likeness (QED) is 0.153. The van der Waals surface area contributed by atoms with Crippen molar-refractivity contribution in [3.8, 4) is 0 Å². The maximum atomic E-state index is 9.23. The molecule has 2 rings (SSSR count). The Hall–Kier alpha value is -1.06. The van der Waals surface area contributed by atoms with Crippen molar-refractivity contribution in [3.05, 3.63) is 30.3 Å². The number of rotatable bonds is 13. The van der Waals surface area contributed by atoms with Gasteiger partial charge in [0.05, 0.1) is 0 Å². The second kappa shape index (κ2) is 17.5. The average Bonchev–Trinajstić information content (AvgIpc) is 2.78. The highest BCUT2D eigenvalue weighted by Gasteiger charge is 2.16. The molecule has 0 saturated carbocycles. The zero-order chi connectivity index (χ0) is 21.4. The van der Waals surface area contributed by atoms with Gasteiger partial charge in [0.15, 0.2) is 5.96 Å². The highest BCUT2D eigenvalue weighted by atomic mass is 127. The summed E-state index contributed by atoms with van der Waals surface area (Å²) >= 11 is 0. The normalized spacial score (nSPS) is 16.0. The monoisotopic (exact) mass is 545 g/mol. The molecule has 1 aromatic carbocycles. The summed E-state index contributed by atoms with van der Waals surface area (Å²) in [5.41, 5.74) is 1.34. The Labute approximate surface area is 206 Å². The number of aliphatic hydroxyl groups excluding tert-OH is 1. The summed E-state index contributed by atoms with van der Waals surface area (Å²) in [6, 6.07) is 10.7. The van der Waals surface area contributed by atoms with Gasteiger partial charge in [-0.15, -0.1) is 24.0 Å². The van der Waals surface area contributed by atoms with Gasteiger partial charge in [-0.1, -0.05) is 31.5 Å². The summed E-state index contributed by atoms with van der Waals surface area (Å²) in [4.78, 5) is 9.82. The molecule has 31 heavy (non-hydrogen) atoms. The zero-order valence-corrected chi connectivity index (χ0v) is 21.9. The number of aliphatic hydroxyl groups is 1. The number of hydrogen-bond donors (Lipinski definition) is 3. The van der Waals surface area contributed by atoms with Crippen molar-refractivity contribution in [1.82, 2.24) is 15.5 Å². The molecule has 0 aromatic heterocycles. The molecule has 1 saturated heterocycles. The standard InChI is InChI=1S/C24H43N5O.HI/c1-3-10-22(13-20-30)21-27-24(25-4-2)26-14-8-9-15-28-16-18-29(19-17-28)23-11-6-5-7-12-23;/h5-7,11-12,22,30H,3-4,8-10,13-21H2,1-2H3,(H2,25,26,27);1H. The van der Waals surface area contributed by atoms with Crippen LogP contribution in [0.4, 0.5) is 5.69 Å². The molecule has 0 bridgehead atoms. The molecular weight excluding hydrogens is 501 g/mol. The fourth-order valence-corrected chi connectivity index (χ4v) is 4.02. The Morgan fingerprint density at radius 3 is 2.42 bits per heavy atom. The van der Waals surface area contributed by atoms with Gasteiger partial charge in [0.1, 0.15) is 0 Å². The SMILES string of the molecule is CCCC(CCO)CN=C(NCC)NCCCCN1CCN(c2ccccc2)CC1.I. The van der Waals surface area contributed by atoms with E-state index in [1.807, 2.05) is 0 Å². The van der Waals surface area contributed by atoms with Gasteiger partial charge in [-0.2, -0.15) is 0 Å². The highest BCUT2D eigenvalue weighted by molar-refractivity contribution is 14.0. The van der Waals surface area contributed by atoms with Gasteiger partial charge < -0.3 is 20.6 Å². The third kappa shape index (κ3) is 11.4. The number of para-hydroxylation sites is 1. The first kappa shape index (κ1) is 28.0. The first-order valence-corrected chi connectivity index (χ1v) is 11.9. The van der Waals surface area contributed by atoms with Gasteiger partial charge in [-0.05, 0) is 57.2 Å². The number of piperazine rings is 1. The summed E-state index contributed by atoms with van der Waals surface area (Å²) < 4.78 is 0. The maximum absolute atomic E-state index is 9.23. The lowest BCUT2D eigenvalue weighted by Gasteiger charge is -2.36. The second-order valence-corrected chi connectivity index (χ2v) is 8.18. The molecule has 178 valence electrons. The van der Waals surface area contributed by atoms with E-state index >= 15 is 0 Å². The molecule has 1 atom stereocenters. The minimum Gasteiger partial charge on any atom is -0.396 e. The molecule has 0 aliphatic carbocycles. The number of anilines is 1. The Bertz CT molecular complexity index is 573. The van der Waals surface area contributed by atoms with E-state index in [0.29, 0.717) is 5.92 Å². The molecule has 1 unspecified atom stereocenters. The number of halogens is 1. The summed E-state index contributed by atoms with van der Waals surface area (Å²) in [6.45, 7) is 12.9. The van der Waals surface area contributed by atoms with E-state index in [1.54, 1.807) is 0 Å². The Kier molecular flexibility index (Phi) is 15.8. The van der Waals surface area contributed by atoms with E-state index in [1.165, 1.54) is 18.7 Å². The van der Waals surface area contributed by atoms with Crippen molar-refractivity contribution in [1.29, 1.82) is 0 Å². The number of benzene rings is 1. The summed E-state index contributed by atoms with van der Waals surface area (Å²) in [7, 11) is 0. The molecule has 1 fully saturated rings. The van der Waals surface area contributed by atoms with Crippen LogP contribution in [0.1, 0.15) is 46.0 Å². The summed E-state index contributed by atoms with van der Waals surface area (Å²) in [6.07, 6.45) is 5.47. The third-order valence-corrected chi connectivity index (χ3v) is 5.77. The lowest BCUT2D eigenvalue weighted by atomic mass is 10.0. The van der Waals surface area contributed by atoms with Crippen LogP contribution in [0.2, 0.25) is 0 Å². The van der Waals surface area contributed by atoms with Crippen LogP contribution in [0.3, 0.4) is 0 Å². The highest BCUT2D eigenvalue weighted by Crippen LogP contribution is 2.15. The number of aliphatic imine (C=N–C) groups is 1. The van der Waals surface area contributed by atoms with Gasteiger partial charge in [-0.25, -0.2) is 0 Å². The molecule has 1 heterocycles. The molecule has 0 spiro atoms. The lowest BCUT2D eigenvalue weighted by Crippen LogP contribution is -2.46. The van der Waals surface area contributed by atoms with Crippen molar-refractivity contribution in [2.75, 3.05) is 63.9 Å². The summed E-state index contributed by atoms with van der Waals surface area (Å²) in [5.74, 6) is 1.39. The minimum atomic E-state index is 0. The van der Waals surface area contributed by atoms with Crippen LogP contribution < -0.4 is 15.5 Å². The van der Waals surface area contributed by atoms with Crippen LogP contribution >= 0.6 is 24.0 Å². The van der Waals surface area contributed by atoms with Crippen molar-refractivity contribution < 1.29 is 5.11 Å². The number of unbranched alkanes of at least 4 members (excludes halogenated alkanes) is 1. The lowest BCUT2D eigenvalue weighted by molar-refractivity contribution is 0.253. The van der Waals surface area contributed by atoms with Crippen LogP contribution in [0.25, 0.3) is 0 Å². The van der Waals surface area contributed by atoms with Gasteiger partial charge in [0.2, 0.25) is 0 Å². The van der Waals surface area contributed by atoms with E-state index < -0.39 is 0 Å². The zero-order valence-electron chi connectivity index (χ0n) is 19.6. The van der Waals surface area contributed by atoms with Crippen molar-refractivity contribution in [3.63, 3.8) is 0 Å². The molecule has 7 heteroatoms. The van der Waals surface area contributed by atoms with E-state index in [9.17, 15) is 5.11 Å². The first-order valence-electron chi connectivity index (χ1n) is 11.9. The Morgan fingerprint density at radius 2 is 1.77 bits per heavy atom. The van der Waals surface area contributed by atoms with Crippen LogP contribution in [0.5, 0.6) is 0 Å². The van der Waals surface area contributed by atoms with E-state index in [4.69, 9.17) is 4.99 Å². The van der Waals surface area contributed by atoms with Crippen LogP contribution in [0, 0.1) is 5.92 Å². The predicted octanol–water partition coefficient (Wildman–Crippen LogP) is 3.56. The van der Waals surface area contributed by atoms with E-state index in [-0.39, 0.29) is 30.6 Å². The van der Waals surface area contributed by atoms with Crippen molar-refractivity contribution in [2.45, 2.75) is 46.0 Å². The second-order valence-electron chi connectivity index (χ2n) is 8.18. The first-order chi connectivity index (χ1) is 14.8. The Balaban J connectivity index is 0.00000480. The summed E-state index contributed by atoms with van der Waals surface area (Å²) in [5, 5.41) is 16.0. The number of guanidine groups is 1. The Morgan fingerprint density at radius 1 is 1.03 bits per heavy atom. The van der Waals surface area contributed by atoms with Gasteiger partial charge in [0.25, 0.3) is 0 Å². The molecule has 1 aliphatic rings. The van der Waals surface area contributed by atoms with E-state index in [2.05, 4.69) is 64.6 Å². The average molecular weight is 546 g/mol. The molecule has 1 aliphatic heterocycles. The van der Waals surface area contributed by atoms with Gasteiger partial charge >= 0.3 is 0 Å². The fourth-order valence-electron chi connectivity index (χ4n) is 4.02. The molecule has 1 aromatic rings. The molecule has 0 amide bonds. The van der Waals surface area contributed by atoms with Crippen molar-refractivity contribution >= 4 is 35.6 Å². The molecular formula is C24H44IN5O. The van der Waals surface area contributed by atoms with Gasteiger partial charge in [-0.3, -0.25) is 9.89 Å². The largest absolute Gasteiger partial charge is 0.396 e. The van der Waals surface area contributed by atoms with Crippen LogP contribution in [-0.4, -0.2) is 74.9 Å². The molecule has 6 nitrogen and oxygen atoms in total. The number of nitrogens with zero attached hydrogens (tertiary/aromatic N) is 3.